The Morgan fingerprint density at radius 2 is 2.05 bits per heavy atom. The van der Waals surface area contributed by atoms with E-state index in [2.05, 4.69) is 36.0 Å². The van der Waals surface area contributed by atoms with Crippen LogP contribution < -0.4 is 5.73 Å². The third-order valence-electron chi connectivity index (χ3n) is 4.04. The van der Waals surface area contributed by atoms with Crippen LogP contribution in [0.3, 0.4) is 0 Å². The van der Waals surface area contributed by atoms with Crippen LogP contribution in [0.2, 0.25) is 0 Å². The lowest BCUT2D eigenvalue weighted by Gasteiger charge is -2.20. The van der Waals surface area contributed by atoms with Crippen molar-refractivity contribution in [1.29, 1.82) is 0 Å². The van der Waals surface area contributed by atoms with E-state index in [9.17, 15) is 0 Å². The van der Waals surface area contributed by atoms with Gasteiger partial charge < -0.3 is 15.5 Å². The standard InChI is InChI=1S/C16H27N3/c1-18(12-15-9-11-19(2)13-15)10-3-4-14-5-7-16(17)8-6-14/h5-8,15H,3-4,9-13,17H2,1-2H3. The summed E-state index contributed by atoms with van der Waals surface area (Å²) in [5, 5.41) is 0. The molecule has 1 atom stereocenters. The number of hydrogen-bond acceptors (Lipinski definition) is 3. The van der Waals surface area contributed by atoms with Gasteiger partial charge in [0.25, 0.3) is 0 Å². The summed E-state index contributed by atoms with van der Waals surface area (Å²) < 4.78 is 0. The van der Waals surface area contributed by atoms with E-state index in [0.29, 0.717) is 0 Å². The largest absolute Gasteiger partial charge is 0.399 e. The van der Waals surface area contributed by atoms with Crippen molar-refractivity contribution in [2.75, 3.05) is 46.0 Å². The number of nitrogens with zero attached hydrogens (tertiary/aromatic N) is 2. The Hall–Kier alpha value is -1.06. The monoisotopic (exact) mass is 261 g/mol. The van der Waals surface area contributed by atoms with Crippen molar-refractivity contribution in [3.63, 3.8) is 0 Å². The second-order valence-corrected chi connectivity index (χ2v) is 6.02. The molecule has 3 heteroatoms. The third-order valence-corrected chi connectivity index (χ3v) is 4.04. The molecule has 1 heterocycles. The molecule has 0 radical (unpaired) electrons. The molecule has 1 aromatic carbocycles. The second kappa shape index (κ2) is 6.92. The van der Waals surface area contributed by atoms with Gasteiger partial charge in [-0.3, -0.25) is 0 Å². The lowest BCUT2D eigenvalue weighted by molar-refractivity contribution is 0.271. The SMILES string of the molecule is CN(CCCc1ccc(N)cc1)CC1CCN(C)C1. The molecule has 0 amide bonds. The van der Waals surface area contributed by atoms with E-state index < -0.39 is 0 Å². The summed E-state index contributed by atoms with van der Waals surface area (Å²) in [4.78, 5) is 4.92. The Balaban J connectivity index is 1.63. The van der Waals surface area contributed by atoms with Crippen LogP contribution in [0, 0.1) is 5.92 Å². The van der Waals surface area contributed by atoms with Crippen LogP contribution in [-0.4, -0.2) is 50.1 Å². The molecule has 19 heavy (non-hydrogen) atoms. The molecule has 1 saturated heterocycles. The topological polar surface area (TPSA) is 32.5 Å². The summed E-state index contributed by atoms with van der Waals surface area (Å²) in [5.41, 5.74) is 7.94. The van der Waals surface area contributed by atoms with Gasteiger partial charge in [0.2, 0.25) is 0 Å². The molecular weight excluding hydrogens is 234 g/mol. The number of benzene rings is 1. The summed E-state index contributed by atoms with van der Waals surface area (Å²) in [6, 6.07) is 8.27. The highest BCUT2D eigenvalue weighted by Gasteiger charge is 2.20. The van der Waals surface area contributed by atoms with Crippen molar-refractivity contribution < 1.29 is 0 Å². The summed E-state index contributed by atoms with van der Waals surface area (Å²) >= 11 is 0. The molecule has 1 fully saturated rings. The van der Waals surface area contributed by atoms with Crippen LogP contribution in [0.15, 0.2) is 24.3 Å². The first-order valence-corrected chi connectivity index (χ1v) is 7.35. The molecule has 2 N–H and O–H groups in total. The smallest absolute Gasteiger partial charge is 0.0314 e. The van der Waals surface area contributed by atoms with Gasteiger partial charge in [-0.1, -0.05) is 12.1 Å². The zero-order chi connectivity index (χ0) is 13.7. The predicted octanol–water partition coefficient (Wildman–Crippen LogP) is 2.08. The van der Waals surface area contributed by atoms with Gasteiger partial charge in [0.1, 0.15) is 0 Å². The van der Waals surface area contributed by atoms with Crippen LogP contribution in [0.4, 0.5) is 5.69 Å². The van der Waals surface area contributed by atoms with Gasteiger partial charge in [-0.25, -0.2) is 0 Å². The van der Waals surface area contributed by atoms with Gasteiger partial charge in [0, 0.05) is 18.8 Å². The van der Waals surface area contributed by atoms with E-state index in [1.165, 1.54) is 44.6 Å². The van der Waals surface area contributed by atoms with Crippen molar-refractivity contribution in [2.45, 2.75) is 19.3 Å². The minimum Gasteiger partial charge on any atom is -0.399 e. The average molecular weight is 261 g/mol. The summed E-state index contributed by atoms with van der Waals surface area (Å²) in [6.07, 6.45) is 3.73. The average Bonchev–Trinajstić information content (AvgIpc) is 2.77. The first kappa shape index (κ1) is 14.4. The zero-order valence-corrected chi connectivity index (χ0v) is 12.3. The molecule has 0 bridgehead atoms. The van der Waals surface area contributed by atoms with Crippen molar-refractivity contribution in [1.82, 2.24) is 9.80 Å². The molecule has 0 aromatic heterocycles. The van der Waals surface area contributed by atoms with E-state index in [1.807, 2.05) is 12.1 Å². The lowest BCUT2D eigenvalue weighted by Crippen LogP contribution is -2.28. The molecule has 0 spiro atoms. The zero-order valence-electron chi connectivity index (χ0n) is 12.3. The number of aryl methyl sites for hydroxylation is 1. The van der Waals surface area contributed by atoms with Crippen LogP contribution in [-0.2, 0) is 6.42 Å². The van der Waals surface area contributed by atoms with Crippen molar-refractivity contribution in [2.24, 2.45) is 5.92 Å². The van der Waals surface area contributed by atoms with Crippen LogP contribution >= 0.6 is 0 Å². The molecule has 1 aliphatic rings. The summed E-state index contributed by atoms with van der Waals surface area (Å²) in [6.45, 7) is 4.96. The predicted molar refractivity (Wildman–Crippen MR) is 82.3 cm³/mol. The first-order chi connectivity index (χ1) is 9.13. The minimum atomic E-state index is 0.853. The van der Waals surface area contributed by atoms with Gasteiger partial charge in [0.15, 0.2) is 0 Å². The molecule has 0 saturated carbocycles. The minimum absolute atomic E-state index is 0.853. The normalized spacial score (nSPS) is 20.3. The molecule has 2 rings (SSSR count). The lowest BCUT2D eigenvalue weighted by atomic mass is 10.1. The maximum Gasteiger partial charge on any atom is 0.0314 e. The molecule has 1 aromatic rings. The van der Waals surface area contributed by atoms with E-state index >= 15 is 0 Å². The van der Waals surface area contributed by atoms with Crippen molar-refractivity contribution >= 4 is 5.69 Å². The van der Waals surface area contributed by atoms with E-state index in [1.54, 1.807) is 0 Å². The Bertz CT molecular complexity index is 374. The number of nitrogen functional groups attached to an aromatic ring is 1. The van der Waals surface area contributed by atoms with E-state index in [-0.39, 0.29) is 0 Å². The van der Waals surface area contributed by atoms with Crippen LogP contribution in [0.1, 0.15) is 18.4 Å². The number of nitrogens with two attached hydrogens (primary N) is 1. The molecule has 0 aliphatic carbocycles. The second-order valence-electron chi connectivity index (χ2n) is 6.02. The highest BCUT2D eigenvalue weighted by molar-refractivity contribution is 5.39. The van der Waals surface area contributed by atoms with Crippen molar-refractivity contribution in [3.8, 4) is 0 Å². The van der Waals surface area contributed by atoms with Gasteiger partial charge in [0.05, 0.1) is 0 Å². The number of likely N-dealkylation sites (tertiary alicyclic amines) is 1. The Morgan fingerprint density at radius 1 is 1.32 bits per heavy atom. The first-order valence-electron chi connectivity index (χ1n) is 7.35. The highest BCUT2D eigenvalue weighted by Crippen LogP contribution is 2.15. The number of rotatable bonds is 6. The molecular formula is C16H27N3. The third kappa shape index (κ3) is 4.84. The van der Waals surface area contributed by atoms with Gasteiger partial charge in [-0.15, -0.1) is 0 Å². The fraction of sp³-hybridized carbons (Fsp3) is 0.625. The highest BCUT2D eigenvalue weighted by atomic mass is 15.1. The fourth-order valence-electron chi connectivity index (χ4n) is 2.94. The molecule has 3 nitrogen and oxygen atoms in total. The number of hydrogen-bond donors (Lipinski definition) is 1. The van der Waals surface area contributed by atoms with E-state index in [4.69, 9.17) is 5.73 Å². The quantitative estimate of drug-likeness (QED) is 0.796. The Kier molecular flexibility index (Phi) is 5.23. The Morgan fingerprint density at radius 3 is 2.68 bits per heavy atom. The number of anilines is 1. The summed E-state index contributed by atoms with van der Waals surface area (Å²) in [5.74, 6) is 0.867. The molecule has 1 unspecified atom stereocenters. The van der Waals surface area contributed by atoms with Gasteiger partial charge in [-0.05, 0) is 70.1 Å². The van der Waals surface area contributed by atoms with Crippen LogP contribution in [0.5, 0.6) is 0 Å². The Labute approximate surface area is 117 Å². The maximum atomic E-state index is 5.69. The van der Waals surface area contributed by atoms with Crippen LogP contribution in [0.25, 0.3) is 0 Å². The van der Waals surface area contributed by atoms with Gasteiger partial charge in [-0.2, -0.15) is 0 Å². The summed E-state index contributed by atoms with van der Waals surface area (Å²) in [7, 11) is 4.47. The molecule has 106 valence electrons. The van der Waals surface area contributed by atoms with Crippen molar-refractivity contribution in [3.05, 3.63) is 29.8 Å². The fourth-order valence-corrected chi connectivity index (χ4v) is 2.94. The van der Waals surface area contributed by atoms with Gasteiger partial charge >= 0.3 is 0 Å². The van der Waals surface area contributed by atoms with E-state index in [0.717, 1.165) is 18.0 Å². The molecule has 1 aliphatic heterocycles. The maximum absolute atomic E-state index is 5.69.